The van der Waals surface area contributed by atoms with E-state index in [2.05, 4.69) is 15.3 Å². The van der Waals surface area contributed by atoms with Gasteiger partial charge in [-0.25, -0.2) is 18.4 Å². The Bertz CT molecular complexity index is 780. The maximum atomic E-state index is 11.5. The van der Waals surface area contributed by atoms with Crippen LogP contribution in [0.25, 0.3) is 11.3 Å². The van der Waals surface area contributed by atoms with E-state index in [1.807, 2.05) is 13.0 Å². The van der Waals surface area contributed by atoms with Gasteiger partial charge >= 0.3 is 0 Å². The second kappa shape index (κ2) is 5.78. The summed E-state index contributed by atoms with van der Waals surface area (Å²) in [6.07, 6.45) is 2.30. The molecule has 2 aromatic rings. The predicted octanol–water partition coefficient (Wildman–Crippen LogP) is 1.93. The zero-order valence-electron chi connectivity index (χ0n) is 12.7. The molecule has 3 rings (SSSR count). The number of nitrogens with one attached hydrogen (secondary N) is 1. The number of nitrogens with zero attached hydrogens (tertiary/aromatic N) is 2. The topological polar surface area (TPSA) is 72.0 Å². The van der Waals surface area contributed by atoms with Gasteiger partial charge in [-0.2, -0.15) is 0 Å². The molecule has 1 atom stereocenters. The van der Waals surface area contributed by atoms with E-state index >= 15 is 0 Å². The number of sulfone groups is 1. The second-order valence-corrected chi connectivity index (χ2v) is 7.73. The third-order valence-electron chi connectivity index (χ3n) is 3.91. The number of benzene rings is 1. The molecule has 5 nitrogen and oxygen atoms in total. The van der Waals surface area contributed by atoms with Crippen LogP contribution in [0.15, 0.2) is 35.2 Å². The monoisotopic (exact) mass is 317 g/mol. The first-order valence-electron chi connectivity index (χ1n) is 7.30. The minimum Gasteiger partial charge on any atom is -0.316 e. The van der Waals surface area contributed by atoms with Crippen LogP contribution in [0, 0.1) is 6.92 Å². The third kappa shape index (κ3) is 3.18. The number of hydrogen-bond donors (Lipinski definition) is 1. The molecule has 1 aliphatic heterocycles. The molecule has 0 radical (unpaired) electrons. The molecule has 0 aliphatic carbocycles. The minimum atomic E-state index is -3.17. The molecule has 0 saturated carbocycles. The lowest BCUT2D eigenvalue weighted by Crippen LogP contribution is -2.10. The molecule has 1 N–H and O–H groups in total. The quantitative estimate of drug-likeness (QED) is 0.936. The van der Waals surface area contributed by atoms with Crippen molar-refractivity contribution in [2.45, 2.75) is 24.2 Å². The van der Waals surface area contributed by atoms with Crippen molar-refractivity contribution < 1.29 is 8.42 Å². The van der Waals surface area contributed by atoms with E-state index in [0.717, 1.165) is 42.3 Å². The Morgan fingerprint density at radius 2 is 1.91 bits per heavy atom. The molecule has 1 saturated heterocycles. The van der Waals surface area contributed by atoms with Gasteiger partial charge < -0.3 is 5.32 Å². The van der Waals surface area contributed by atoms with Gasteiger partial charge in [-0.15, -0.1) is 0 Å². The van der Waals surface area contributed by atoms with E-state index < -0.39 is 9.84 Å². The van der Waals surface area contributed by atoms with Crippen molar-refractivity contribution >= 4 is 9.84 Å². The number of rotatable bonds is 3. The fraction of sp³-hybridized carbons (Fsp3) is 0.375. The van der Waals surface area contributed by atoms with E-state index in [4.69, 9.17) is 0 Å². The first-order chi connectivity index (χ1) is 10.4. The lowest BCUT2D eigenvalue weighted by molar-refractivity contribution is 0.602. The molecule has 22 heavy (non-hydrogen) atoms. The molecule has 0 spiro atoms. The summed E-state index contributed by atoms with van der Waals surface area (Å²) in [6, 6.07) is 8.86. The SMILES string of the molecule is Cc1nc(-c2ccc(S(C)(=O)=O)cc2)cc([C@@H]2CCNC2)n1. The van der Waals surface area contributed by atoms with E-state index in [9.17, 15) is 8.42 Å². The molecule has 1 aromatic carbocycles. The van der Waals surface area contributed by atoms with Crippen LogP contribution >= 0.6 is 0 Å². The highest BCUT2D eigenvalue weighted by molar-refractivity contribution is 7.90. The Labute approximate surface area is 130 Å². The van der Waals surface area contributed by atoms with Crippen LogP contribution < -0.4 is 5.32 Å². The summed E-state index contributed by atoms with van der Waals surface area (Å²) in [7, 11) is -3.17. The van der Waals surface area contributed by atoms with Crippen LogP contribution in [-0.2, 0) is 9.84 Å². The van der Waals surface area contributed by atoms with E-state index in [1.165, 1.54) is 6.26 Å². The van der Waals surface area contributed by atoms with Crippen molar-refractivity contribution in [1.82, 2.24) is 15.3 Å². The number of aromatic nitrogens is 2. The zero-order valence-corrected chi connectivity index (χ0v) is 13.5. The zero-order chi connectivity index (χ0) is 15.7. The van der Waals surface area contributed by atoms with Crippen LogP contribution in [0.3, 0.4) is 0 Å². The molecule has 1 aromatic heterocycles. The lowest BCUT2D eigenvalue weighted by atomic mass is 10.0. The highest BCUT2D eigenvalue weighted by Gasteiger charge is 2.19. The fourth-order valence-corrected chi connectivity index (χ4v) is 3.36. The molecule has 116 valence electrons. The summed E-state index contributed by atoms with van der Waals surface area (Å²) in [5.74, 6) is 1.17. The Morgan fingerprint density at radius 3 is 2.50 bits per heavy atom. The molecule has 1 fully saturated rings. The van der Waals surface area contributed by atoms with E-state index in [1.54, 1.807) is 24.3 Å². The Kier molecular flexibility index (Phi) is 3.97. The van der Waals surface area contributed by atoms with Crippen molar-refractivity contribution in [1.29, 1.82) is 0 Å². The summed E-state index contributed by atoms with van der Waals surface area (Å²) >= 11 is 0. The van der Waals surface area contributed by atoms with E-state index in [0.29, 0.717) is 10.8 Å². The minimum absolute atomic E-state index is 0.322. The summed E-state index contributed by atoms with van der Waals surface area (Å²) in [5, 5.41) is 3.35. The smallest absolute Gasteiger partial charge is 0.175 e. The fourth-order valence-electron chi connectivity index (χ4n) is 2.73. The lowest BCUT2D eigenvalue weighted by Gasteiger charge is -2.11. The van der Waals surface area contributed by atoms with Gasteiger partial charge in [0.1, 0.15) is 5.82 Å². The van der Waals surface area contributed by atoms with Crippen molar-refractivity contribution in [2.75, 3.05) is 19.3 Å². The molecule has 6 heteroatoms. The van der Waals surface area contributed by atoms with E-state index in [-0.39, 0.29) is 0 Å². The highest BCUT2D eigenvalue weighted by atomic mass is 32.2. The summed E-state index contributed by atoms with van der Waals surface area (Å²) in [5.41, 5.74) is 2.80. The number of hydrogen-bond acceptors (Lipinski definition) is 5. The van der Waals surface area contributed by atoms with Gasteiger partial charge in [0.25, 0.3) is 0 Å². The highest BCUT2D eigenvalue weighted by Crippen LogP contribution is 2.25. The van der Waals surface area contributed by atoms with Crippen LogP contribution in [-0.4, -0.2) is 37.7 Å². The first-order valence-corrected chi connectivity index (χ1v) is 9.19. The molecule has 0 amide bonds. The van der Waals surface area contributed by atoms with Crippen molar-refractivity contribution in [3.05, 3.63) is 41.9 Å². The normalized spacial score (nSPS) is 18.5. The van der Waals surface area contributed by atoms with Gasteiger partial charge in [0.05, 0.1) is 10.6 Å². The molecular weight excluding hydrogens is 298 g/mol. The Morgan fingerprint density at radius 1 is 1.18 bits per heavy atom. The second-order valence-electron chi connectivity index (χ2n) is 5.71. The predicted molar refractivity (Wildman–Crippen MR) is 85.5 cm³/mol. The molecule has 1 aliphatic rings. The van der Waals surface area contributed by atoms with Gasteiger partial charge in [-0.05, 0) is 38.1 Å². The average Bonchev–Trinajstić information content (AvgIpc) is 3.00. The standard InChI is InChI=1S/C16H19N3O2S/c1-11-18-15(9-16(19-11)13-7-8-17-10-13)12-3-5-14(6-4-12)22(2,20)21/h3-6,9,13,17H,7-8,10H2,1-2H3/t13-/m1/s1. The van der Waals surface area contributed by atoms with Crippen LogP contribution in [0.1, 0.15) is 23.9 Å². The summed E-state index contributed by atoms with van der Waals surface area (Å²) in [4.78, 5) is 9.36. The Balaban J connectivity index is 1.97. The maximum absolute atomic E-state index is 11.5. The van der Waals surface area contributed by atoms with Crippen LogP contribution in [0.2, 0.25) is 0 Å². The van der Waals surface area contributed by atoms with Gasteiger partial charge in [-0.1, -0.05) is 12.1 Å². The maximum Gasteiger partial charge on any atom is 0.175 e. The van der Waals surface area contributed by atoms with Gasteiger partial charge in [0.2, 0.25) is 0 Å². The van der Waals surface area contributed by atoms with Gasteiger partial charge in [0, 0.05) is 30.0 Å². The van der Waals surface area contributed by atoms with Crippen LogP contribution in [0.4, 0.5) is 0 Å². The molecule has 0 unspecified atom stereocenters. The van der Waals surface area contributed by atoms with Crippen molar-refractivity contribution in [3.63, 3.8) is 0 Å². The first kappa shape index (κ1) is 15.1. The van der Waals surface area contributed by atoms with Crippen molar-refractivity contribution in [3.8, 4) is 11.3 Å². The average molecular weight is 317 g/mol. The largest absolute Gasteiger partial charge is 0.316 e. The molecule has 0 bridgehead atoms. The van der Waals surface area contributed by atoms with Gasteiger partial charge in [-0.3, -0.25) is 0 Å². The number of aryl methyl sites for hydroxylation is 1. The molecule has 2 heterocycles. The summed E-state index contributed by atoms with van der Waals surface area (Å²) < 4.78 is 23.1. The van der Waals surface area contributed by atoms with Crippen molar-refractivity contribution in [2.24, 2.45) is 0 Å². The molecular formula is C16H19N3O2S. The third-order valence-corrected chi connectivity index (χ3v) is 5.04. The Hall–Kier alpha value is -1.79. The van der Waals surface area contributed by atoms with Crippen LogP contribution in [0.5, 0.6) is 0 Å². The summed E-state index contributed by atoms with van der Waals surface area (Å²) in [6.45, 7) is 3.86. The van der Waals surface area contributed by atoms with Gasteiger partial charge in [0.15, 0.2) is 9.84 Å².